The van der Waals surface area contributed by atoms with E-state index in [1.54, 1.807) is 7.11 Å². The predicted molar refractivity (Wildman–Crippen MR) is 76.0 cm³/mol. The largest absolute Gasteiger partial charge is 0.383 e. The molecule has 0 aliphatic heterocycles. The number of hydrogen-bond donors (Lipinski definition) is 1. The van der Waals surface area contributed by atoms with Crippen molar-refractivity contribution in [1.29, 1.82) is 0 Å². The summed E-state index contributed by atoms with van der Waals surface area (Å²) >= 11 is 1.91. The Hall–Kier alpha value is -0.510. The molecule has 0 saturated carbocycles. The molecule has 0 aliphatic carbocycles. The number of benzene rings is 1. The van der Waals surface area contributed by atoms with Gasteiger partial charge in [-0.25, -0.2) is 0 Å². The third-order valence-corrected chi connectivity index (χ3v) is 3.78. The molecule has 1 aromatic rings. The van der Waals surface area contributed by atoms with Gasteiger partial charge in [0.05, 0.1) is 6.61 Å². The third kappa shape index (κ3) is 5.57. The van der Waals surface area contributed by atoms with Gasteiger partial charge in [-0.1, -0.05) is 17.7 Å². The lowest BCUT2D eigenvalue weighted by Crippen LogP contribution is -2.31. The summed E-state index contributed by atoms with van der Waals surface area (Å²) in [6, 6.07) is 7.06. The Morgan fingerprint density at radius 2 is 2.12 bits per heavy atom. The highest BCUT2D eigenvalue weighted by Gasteiger charge is 2.01. The van der Waals surface area contributed by atoms with Crippen LogP contribution in [0.2, 0.25) is 0 Å². The monoisotopic (exact) mass is 253 g/mol. The second-order valence-electron chi connectivity index (χ2n) is 4.43. The molecule has 0 amide bonds. The highest BCUT2D eigenvalue weighted by Crippen LogP contribution is 2.22. The van der Waals surface area contributed by atoms with Gasteiger partial charge in [0.15, 0.2) is 0 Å². The van der Waals surface area contributed by atoms with E-state index in [2.05, 4.69) is 44.3 Å². The standard InChI is InChI=1S/C14H23NOS/c1-11-5-6-14(12(2)9-11)17-8-7-15-13(3)10-16-4/h5-6,9,13,15H,7-8,10H2,1-4H3. The molecule has 0 aromatic heterocycles. The van der Waals surface area contributed by atoms with Crippen LogP contribution in [0.4, 0.5) is 0 Å². The summed E-state index contributed by atoms with van der Waals surface area (Å²) in [4.78, 5) is 1.39. The summed E-state index contributed by atoms with van der Waals surface area (Å²) in [7, 11) is 1.74. The van der Waals surface area contributed by atoms with Crippen LogP contribution < -0.4 is 5.32 Å². The Morgan fingerprint density at radius 1 is 1.35 bits per heavy atom. The topological polar surface area (TPSA) is 21.3 Å². The molecule has 96 valence electrons. The Morgan fingerprint density at radius 3 is 2.76 bits per heavy atom. The second-order valence-corrected chi connectivity index (χ2v) is 5.56. The average molecular weight is 253 g/mol. The number of methoxy groups -OCH3 is 1. The molecule has 0 saturated heterocycles. The maximum absolute atomic E-state index is 5.08. The Kier molecular flexibility index (Phi) is 6.63. The lowest BCUT2D eigenvalue weighted by molar-refractivity contribution is 0.173. The first kappa shape index (κ1) is 14.6. The lowest BCUT2D eigenvalue weighted by Gasteiger charge is -2.12. The predicted octanol–water partition coefficient (Wildman–Crippen LogP) is 3.02. The maximum atomic E-state index is 5.08. The third-order valence-electron chi connectivity index (χ3n) is 2.60. The smallest absolute Gasteiger partial charge is 0.0613 e. The van der Waals surface area contributed by atoms with Crippen LogP contribution >= 0.6 is 11.8 Å². The molecule has 1 atom stereocenters. The Balaban J connectivity index is 2.26. The molecule has 1 aromatic carbocycles. The van der Waals surface area contributed by atoms with Gasteiger partial charge in [0.2, 0.25) is 0 Å². The van der Waals surface area contributed by atoms with Crippen molar-refractivity contribution in [3.8, 4) is 0 Å². The first-order valence-electron chi connectivity index (χ1n) is 6.06. The molecular weight excluding hydrogens is 230 g/mol. The normalized spacial score (nSPS) is 12.7. The fourth-order valence-corrected chi connectivity index (χ4v) is 2.63. The van der Waals surface area contributed by atoms with Crippen molar-refractivity contribution in [1.82, 2.24) is 5.32 Å². The zero-order valence-corrected chi connectivity index (χ0v) is 12.1. The number of ether oxygens (including phenoxy) is 1. The van der Waals surface area contributed by atoms with E-state index < -0.39 is 0 Å². The molecule has 0 aliphatic rings. The van der Waals surface area contributed by atoms with Crippen LogP contribution in [0.25, 0.3) is 0 Å². The molecular formula is C14H23NOS. The fourth-order valence-electron chi connectivity index (χ4n) is 1.74. The van der Waals surface area contributed by atoms with Crippen molar-refractivity contribution in [3.05, 3.63) is 29.3 Å². The van der Waals surface area contributed by atoms with Crippen molar-refractivity contribution in [2.75, 3.05) is 26.0 Å². The van der Waals surface area contributed by atoms with Crippen molar-refractivity contribution in [2.45, 2.75) is 31.7 Å². The summed E-state index contributed by atoms with van der Waals surface area (Å²) in [5, 5.41) is 3.44. The van der Waals surface area contributed by atoms with Gasteiger partial charge in [0, 0.05) is 30.3 Å². The van der Waals surface area contributed by atoms with Crippen molar-refractivity contribution in [2.24, 2.45) is 0 Å². The van der Waals surface area contributed by atoms with Crippen LogP contribution in [-0.2, 0) is 4.74 Å². The molecule has 0 radical (unpaired) electrons. The van der Waals surface area contributed by atoms with E-state index in [4.69, 9.17) is 4.74 Å². The van der Waals surface area contributed by atoms with Crippen LogP contribution in [0, 0.1) is 13.8 Å². The van der Waals surface area contributed by atoms with Crippen LogP contribution in [0.5, 0.6) is 0 Å². The summed E-state index contributed by atoms with van der Waals surface area (Å²) in [5.41, 5.74) is 2.71. The van der Waals surface area contributed by atoms with Gasteiger partial charge in [0.1, 0.15) is 0 Å². The van der Waals surface area contributed by atoms with E-state index in [0.29, 0.717) is 6.04 Å². The van der Waals surface area contributed by atoms with Crippen LogP contribution in [0.15, 0.2) is 23.1 Å². The lowest BCUT2D eigenvalue weighted by atomic mass is 10.2. The summed E-state index contributed by atoms with van der Waals surface area (Å²) in [5.74, 6) is 1.10. The molecule has 1 N–H and O–H groups in total. The summed E-state index contributed by atoms with van der Waals surface area (Å²) < 4.78 is 5.08. The first-order valence-corrected chi connectivity index (χ1v) is 7.04. The van der Waals surface area contributed by atoms with E-state index in [1.165, 1.54) is 16.0 Å². The molecule has 1 unspecified atom stereocenters. The van der Waals surface area contributed by atoms with Gasteiger partial charge in [-0.2, -0.15) is 0 Å². The van der Waals surface area contributed by atoms with E-state index in [9.17, 15) is 0 Å². The highest BCUT2D eigenvalue weighted by molar-refractivity contribution is 7.99. The van der Waals surface area contributed by atoms with Crippen LogP contribution in [0.1, 0.15) is 18.1 Å². The molecule has 1 rings (SSSR count). The molecule has 0 spiro atoms. The van der Waals surface area contributed by atoms with Crippen LogP contribution in [0.3, 0.4) is 0 Å². The van der Waals surface area contributed by atoms with E-state index in [1.807, 2.05) is 11.8 Å². The zero-order chi connectivity index (χ0) is 12.7. The number of hydrogen-bond acceptors (Lipinski definition) is 3. The van der Waals surface area contributed by atoms with E-state index in [-0.39, 0.29) is 0 Å². The molecule has 0 bridgehead atoms. The number of nitrogens with one attached hydrogen (secondary N) is 1. The minimum atomic E-state index is 0.430. The number of aryl methyl sites for hydroxylation is 2. The van der Waals surface area contributed by atoms with Gasteiger partial charge < -0.3 is 10.1 Å². The SMILES string of the molecule is COCC(C)NCCSc1ccc(C)cc1C. The maximum Gasteiger partial charge on any atom is 0.0613 e. The van der Waals surface area contributed by atoms with Crippen molar-refractivity contribution < 1.29 is 4.74 Å². The molecule has 0 heterocycles. The molecule has 0 fully saturated rings. The summed E-state index contributed by atoms with van der Waals surface area (Å²) in [6.07, 6.45) is 0. The minimum absolute atomic E-state index is 0.430. The Labute approximate surface area is 109 Å². The minimum Gasteiger partial charge on any atom is -0.383 e. The van der Waals surface area contributed by atoms with Gasteiger partial charge in [-0.05, 0) is 32.4 Å². The second kappa shape index (κ2) is 7.75. The van der Waals surface area contributed by atoms with Gasteiger partial charge in [-0.15, -0.1) is 11.8 Å². The quantitative estimate of drug-likeness (QED) is 0.596. The van der Waals surface area contributed by atoms with Crippen molar-refractivity contribution >= 4 is 11.8 Å². The summed E-state index contributed by atoms with van der Waals surface area (Å²) in [6.45, 7) is 8.24. The van der Waals surface area contributed by atoms with E-state index >= 15 is 0 Å². The molecule has 3 heteroatoms. The Bertz CT molecular complexity index is 341. The molecule has 17 heavy (non-hydrogen) atoms. The first-order chi connectivity index (χ1) is 8.13. The average Bonchev–Trinajstić information content (AvgIpc) is 2.27. The molecule has 2 nitrogen and oxygen atoms in total. The fraction of sp³-hybridized carbons (Fsp3) is 0.571. The van der Waals surface area contributed by atoms with Gasteiger partial charge in [0.25, 0.3) is 0 Å². The highest BCUT2D eigenvalue weighted by atomic mass is 32.2. The van der Waals surface area contributed by atoms with Gasteiger partial charge >= 0.3 is 0 Å². The number of thioether (sulfide) groups is 1. The zero-order valence-electron chi connectivity index (χ0n) is 11.2. The van der Waals surface area contributed by atoms with Crippen LogP contribution in [-0.4, -0.2) is 32.1 Å². The number of rotatable bonds is 7. The van der Waals surface area contributed by atoms with Crippen molar-refractivity contribution in [3.63, 3.8) is 0 Å². The van der Waals surface area contributed by atoms with E-state index in [0.717, 1.165) is 18.9 Å². The van der Waals surface area contributed by atoms with Gasteiger partial charge in [-0.3, -0.25) is 0 Å².